The van der Waals surface area contributed by atoms with Crippen molar-refractivity contribution in [1.82, 2.24) is 16.2 Å². The SMILES string of the molecule is NC1CC(C(F)(F)F)C2NC1C1NNC(O1)[C@H](C(F)(F)F)CCCCC[C@@H](CO)O2. The fourth-order valence-electron chi connectivity index (χ4n) is 4.31. The van der Waals surface area contributed by atoms with Crippen LogP contribution >= 0.6 is 0 Å². The Morgan fingerprint density at radius 3 is 2.10 bits per heavy atom. The van der Waals surface area contributed by atoms with E-state index in [4.69, 9.17) is 15.2 Å². The summed E-state index contributed by atoms with van der Waals surface area (Å²) in [5.41, 5.74) is 11.0. The Morgan fingerprint density at radius 2 is 1.47 bits per heavy atom. The zero-order valence-electron chi connectivity index (χ0n) is 16.2. The molecule has 6 unspecified atom stereocenters. The van der Waals surface area contributed by atoms with Gasteiger partial charge < -0.3 is 20.3 Å². The Balaban J connectivity index is 1.84. The summed E-state index contributed by atoms with van der Waals surface area (Å²) in [5, 5.41) is 12.2. The average molecular weight is 450 g/mol. The van der Waals surface area contributed by atoms with Gasteiger partial charge in [-0.05, 0) is 19.3 Å². The van der Waals surface area contributed by atoms with Crippen molar-refractivity contribution in [2.24, 2.45) is 17.6 Å². The van der Waals surface area contributed by atoms with Gasteiger partial charge in [-0.15, -0.1) is 0 Å². The molecule has 3 aliphatic rings. The van der Waals surface area contributed by atoms with Gasteiger partial charge in [0.25, 0.3) is 0 Å². The normalized spacial score (nSPS) is 42.0. The number of nitrogens with two attached hydrogens (primary N) is 1. The van der Waals surface area contributed by atoms with Crippen molar-refractivity contribution in [3.63, 3.8) is 0 Å². The van der Waals surface area contributed by atoms with Crippen LogP contribution in [0.25, 0.3) is 0 Å². The summed E-state index contributed by atoms with van der Waals surface area (Å²) < 4.78 is 92.4. The summed E-state index contributed by atoms with van der Waals surface area (Å²) in [7, 11) is 0. The van der Waals surface area contributed by atoms with Gasteiger partial charge >= 0.3 is 12.4 Å². The highest BCUT2D eigenvalue weighted by Gasteiger charge is 2.54. The third-order valence-electron chi connectivity index (χ3n) is 5.99. The second-order valence-electron chi connectivity index (χ2n) is 8.15. The number of fused-ring (bicyclic) bond motifs is 5. The van der Waals surface area contributed by atoms with Crippen LogP contribution in [0.5, 0.6) is 0 Å². The first kappa shape index (κ1) is 24.0. The topological polar surface area (TPSA) is 101 Å². The zero-order chi connectivity index (χ0) is 22.1. The van der Waals surface area contributed by atoms with Crippen molar-refractivity contribution < 1.29 is 40.9 Å². The minimum absolute atomic E-state index is 0.164. The van der Waals surface area contributed by atoms with Crippen molar-refractivity contribution in [2.45, 2.75) is 87.7 Å². The van der Waals surface area contributed by atoms with Crippen LogP contribution in [0.4, 0.5) is 26.3 Å². The molecule has 0 aromatic carbocycles. The second-order valence-corrected chi connectivity index (χ2v) is 8.15. The third kappa shape index (κ3) is 5.56. The van der Waals surface area contributed by atoms with Crippen LogP contribution in [0.3, 0.4) is 0 Å². The molecule has 0 saturated carbocycles. The number of aliphatic hydroxyl groups excluding tert-OH is 1. The molecule has 176 valence electrons. The molecule has 3 saturated heterocycles. The Kier molecular flexibility index (Phi) is 7.53. The minimum Gasteiger partial charge on any atom is -0.394 e. The molecule has 0 aromatic rings. The predicted octanol–water partition coefficient (Wildman–Crippen LogP) is 1.48. The molecule has 3 rings (SSSR count). The van der Waals surface area contributed by atoms with E-state index >= 15 is 0 Å². The smallest absolute Gasteiger partial charge is 0.394 e. The molecule has 30 heavy (non-hydrogen) atoms. The number of halogens is 6. The summed E-state index contributed by atoms with van der Waals surface area (Å²) in [6, 6.07) is -1.97. The maximum Gasteiger partial charge on any atom is 0.395 e. The van der Waals surface area contributed by atoms with E-state index in [-0.39, 0.29) is 19.3 Å². The van der Waals surface area contributed by atoms with E-state index in [1.807, 2.05) is 0 Å². The number of hydrogen-bond donors (Lipinski definition) is 5. The lowest BCUT2D eigenvalue weighted by molar-refractivity contribution is -0.241. The first-order valence-corrected chi connectivity index (χ1v) is 10.1. The molecule has 8 atom stereocenters. The number of aliphatic hydroxyl groups is 1. The lowest BCUT2D eigenvalue weighted by Gasteiger charge is -2.44. The molecule has 0 amide bonds. The molecule has 7 nitrogen and oxygen atoms in total. The highest BCUT2D eigenvalue weighted by Crippen LogP contribution is 2.39. The van der Waals surface area contributed by atoms with Gasteiger partial charge in [0.2, 0.25) is 0 Å². The van der Waals surface area contributed by atoms with Gasteiger partial charge in [0.15, 0.2) is 0 Å². The van der Waals surface area contributed by atoms with E-state index in [0.717, 1.165) is 0 Å². The molecule has 0 spiro atoms. The van der Waals surface area contributed by atoms with Crippen LogP contribution in [-0.2, 0) is 9.47 Å². The monoisotopic (exact) mass is 450 g/mol. The standard InChI is InChI=1S/C17H28F6N4O3/c18-16(19,20)9-5-3-1-2-4-8(7-28)29-13-10(17(21,22)23)6-11(24)12(25-13)15-27-26-14(9)30-15/h8-15,25-28H,1-7,24H2/t8-,9+,10?,11?,12?,13?,14?,15?/m0/s1. The number of hydrogen-bond acceptors (Lipinski definition) is 7. The summed E-state index contributed by atoms with van der Waals surface area (Å²) in [6.45, 7) is -0.494. The Morgan fingerprint density at radius 1 is 0.833 bits per heavy atom. The zero-order valence-corrected chi connectivity index (χ0v) is 16.2. The molecule has 3 heterocycles. The Labute approximate surface area is 170 Å². The van der Waals surface area contributed by atoms with E-state index < -0.39 is 74.1 Å². The van der Waals surface area contributed by atoms with Crippen LogP contribution in [0.2, 0.25) is 0 Å². The number of piperidine rings is 1. The summed E-state index contributed by atoms with van der Waals surface area (Å²) in [4.78, 5) is 0. The van der Waals surface area contributed by atoms with E-state index in [1.54, 1.807) is 0 Å². The van der Waals surface area contributed by atoms with Crippen molar-refractivity contribution >= 4 is 0 Å². The van der Waals surface area contributed by atoms with Crippen LogP contribution < -0.4 is 21.9 Å². The molecule has 4 bridgehead atoms. The first-order chi connectivity index (χ1) is 14.0. The molecule has 6 N–H and O–H groups in total. The fraction of sp³-hybridized carbons (Fsp3) is 1.00. The van der Waals surface area contributed by atoms with Gasteiger partial charge in [0.1, 0.15) is 18.7 Å². The van der Waals surface area contributed by atoms with Gasteiger partial charge in [-0.25, -0.2) is 10.9 Å². The van der Waals surface area contributed by atoms with Gasteiger partial charge in [0.05, 0.1) is 30.6 Å². The molecule has 3 fully saturated rings. The fourth-order valence-corrected chi connectivity index (χ4v) is 4.31. The number of hydrazine groups is 1. The number of rotatable bonds is 1. The lowest BCUT2D eigenvalue weighted by Crippen LogP contribution is -2.67. The quantitative estimate of drug-likeness (QED) is 0.386. The largest absolute Gasteiger partial charge is 0.395 e. The van der Waals surface area contributed by atoms with Gasteiger partial charge in [0, 0.05) is 6.04 Å². The van der Waals surface area contributed by atoms with Crippen LogP contribution in [0.15, 0.2) is 0 Å². The summed E-state index contributed by atoms with van der Waals surface area (Å²) in [6.07, 6.45) is -13.2. The molecule has 0 radical (unpaired) electrons. The maximum atomic E-state index is 13.6. The lowest BCUT2D eigenvalue weighted by atomic mass is 9.87. The highest BCUT2D eigenvalue weighted by atomic mass is 19.4. The third-order valence-corrected chi connectivity index (χ3v) is 5.99. The summed E-state index contributed by atoms with van der Waals surface area (Å²) >= 11 is 0. The van der Waals surface area contributed by atoms with Crippen LogP contribution in [0, 0.1) is 11.8 Å². The van der Waals surface area contributed by atoms with E-state index in [0.29, 0.717) is 12.8 Å². The number of ether oxygens (including phenoxy) is 2. The number of alkyl halides is 6. The highest BCUT2D eigenvalue weighted by molar-refractivity contribution is 4.98. The van der Waals surface area contributed by atoms with Gasteiger partial charge in [-0.1, -0.05) is 19.3 Å². The van der Waals surface area contributed by atoms with E-state index in [2.05, 4.69) is 16.2 Å². The van der Waals surface area contributed by atoms with Crippen LogP contribution in [-0.4, -0.2) is 60.9 Å². The molecule has 3 aliphatic heterocycles. The van der Waals surface area contributed by atoms with Gasteiger partial charge in [-0.2, -0.15) is 26.3 Å². The molecular formula is C17H28F6N4O3. The van der Waals surface area contributed by atoms with Gasteiger partial charge in [-0.3, -0.25) is 5.32 Å². The number of nitrogens with one attached hydrogen (secondary N) is 3. The first-order valence-electron chi connectivity index (χ1n) is 10.1. The minimum atomic E-state index is -4.60. The van der Waals surface area contributed by atoms with Crippen molar-refractivity contribution in [1.29, 1.82) is 0 Å². The molecule has 13 heteroatoms. The van der Waals surface area contributed by atoms with Crippen molar-refractivity contribution in [2.75, 3.05) is 6.61 Å². The van der Waals surface area contributed by atoms with E-state index in [9.17, 15) is 31.4 Å². The maximum absolute atomic E-state index is 13.6. The molecule has 0 aliphatic carbocycles. The Bertz CT molecular complexity index is 567. The summed E-state index contributed by atoms with van der Waals surface area (Å²) in [5.74, 6) is -3.69. The predicted molar refractivity (Wildman–Crippen MR) is 92.4 cm³/mol. The van der Waals surface area contributed by atoms with Crippen LogP contribution in [0.1, 0.15) is 38.5 Å². The Hall–Kier alpha value is -0.700. The van der Waals surface area contributed by atoms with Crippen molar-refractivity contribution in [3.05, 3.63) is 0 Å². The van der Waals surface area contributed by atoms with Crippen molar-refractivity contribution in [3.8, 4) is 0 Å². The van der Waals surface area contributed by atoms with E-state index in [1.165, 1.54) is 0 Å². The second kappa shape index (κ2) is 9.43. The average Bonchev–Trinajstić information content (AvgIpc) is 3.11. The molecular weight excluding hydrogens is 422 g/mol. The molecule has 0 aromatic heterocycles.